The quantitative estimate of drug-likeness (QED) is 0.799. The smallest absolute Gasteiger partial charge is 0.335 e. The Bertz CT molecular complexity index is 792. The largest absolute Gasteiger partial charge is 0.478 e. The molecule has 0 saturated heterocycles. The predicted octanol–water partition coefficient (Wildman–Crippen LogP) is 2.40. The Morgan fingerprint density at radius 1 is 1.09 bits per heavy atom. The molecule has 6 heteroatoms. The van der Waals surface area contributed by atoms with Crippen molar-refractivity contribution >= 4 is 5.97 Å². The van der Waals surface area contributed by atoms with Gasteiger partial charge in [0.25, 0.3) is 0 Å². The molecule has 0 atom stereocenters. The van der Waals surface area contributed by atoms with Crippen molar-refractivity contribution in [1.82, 2.24) is 20.2 Å². The molecular weight excluding hydrogens is 280 g/mol. The molecule has 22 heavy (non-hydrogen) atoms. The summed E-state index contributed by atoms with van der Waals surface area (Å²) < 4.78 is 0. The molecule has 0 radical (unpaired) electrons. The first kappa shape index (κ1) is 13.9. The third kappa shape index (κ3) is 3.01. The second-order valence-corrected chi connectivity index (χ2v) is 5.01. The number of nitrogens with zero attached hydrogens (tertiary/aromatic N) is 4. The average molecular weight is 294 g/mol. The number of rotatable bonds is 4. The van der Waals surface area contributed by atoms with Crippen LogP contribution in [-0.2, 0) is 6.54 Å². The standard InChI is InChI=1S/C16H14N4O2/c1-11-2-4-12(5-3-11)10-20-18-15(17-19-20)13-6-8-14(9-7-13)16(21)22/h2-9H,10H2,1H3,(H,21,22). The molecule has 0 amide bonds. The van der Waals surface area contributed by atoms with Crippen LogP contribution in [0.4, 0.5) is 0 Å². The number of carboxylic acid groups (broad SMARTS) is 1. The van der Waals surface area contributed by atoms with Gasteiger partial charge < -0.3 is 5.11 Å². The fourth-order valence-corrected chi connectivity index (χ4v) is 2.04. The predicted molar refractivity (Wildman–Crippen MR) is 80.5 cm³/mol. The number of aromatic nitrogens is 4. The molecule has 3 aromatic rings. The topological polar surface area (TPSA) is 80.9 Å². The minimum Gasteiger partial charge on any atom is -0.478 e. The van der Waals surface area contributed by atoms with Crippen LogP contribution in [0.5, 0.6) is 0 Å². The number of tetrazole rings is 1. The molecule has 0 fully saturated rings. The number of carboxylic acids is 1. The van der Waals surface area contributed by atoms with Crippen molar-refractivity contribution in [2.45, 2.75) is 13.5 Å². The summed E-state index contributed by atoms with van der Waals surface area (Å²) >= 11 is 0. The van der Waals surface area contributed by atoms with Crippen molar-refractivity contribution in [2.75, 3.05) is 0 Å². The second-order valence-electron chi connectivity index (χ2n) is 5.01. The zero-order chi connectivity index (χ0) is 15.5. The number of aromatic carboxylic acids is 1. The highest BCUT2D eigenvalue weighted by Crippen LogP contribution is 2.15. The molecule has 1 heterocycles. The molecule has 0 saturated carbocycles. The van der Waals surface area contributed by atoms with Gasteiger partial charge in [-0.15, -0.1) is 10.2 Å². The summed E-state index contributed by atoms with van der Waals surface area (Å²) in [6.45, 7) is 2.58. The third-order valence-electron chi connectivity index (χ3n) is 3.29. The lowest BCUT2D eigenvalue weighted by molar-refractivity contribution is 0.0697. The SMILES string of the molecule is Cc1ccc(Cn2nnc(-c3ccc(C(=O)O)cc3)n2)cc1. The Morgan fingerprint density at radius 2 is 1.77 bits per heavy atom. The van der Waals surface area contributed by atoms with Crippen molar-refractivity contribution in [3.63, 3.8) is 0 Å². The van der Waals surface area contributed by atoms with Gasteiger partial charge >= 0.3 is 5.97 Å². The molecule has 0 aliphatic heterocycles. The third-order valence-corrected chi connectivity index (χ3v) is 3.29. The fraction of sp³-hybridized carbons (Fsp3) is 0.125. The summed E-state index contributed by atoms with van der Waals surface area (Å²) in [6, 6.07) is 14.5. The van der Waals surface area contributed by atoms with Crippen LogP contribution >= 0.6 is 0 Å². The normalized spacial score (nSPS) is 10.6. The monoisotopic (exact) mass is 294 g/mol. The first-order valence-electron chi connectivity index (χ1n) is 6.79. The van der Waals surface area contributed by atoms with Gasteiger partial charge in [-0.05, 0) is 29.8 Å². The van der Waals surface area contributed by atoms with Gasteiger partial charge in [0.1, 0.15) is 0 Å². The van der Waals surface area contributed by atoms with E-state index < -0.39 is 5.97 Å². The number of aryl methyl sites for hydroxylation is 1. The van der Waals surface area contributed by atoms with Crippen LogP contribution < -0.4 is 0 Å². The van der Waals surface area contributed by atoms with E-state index in [1.54, 1.807) is 12.1 Å². The average Bonchev–Trinajstić information content (AvgIpc) is 2.98. The van der Waals surface area contributed by atoms with Crippen molar-refractivity contribution < 1.29 is 9.90 Å². The zero-order valence-electron chi connectivity index (χ0n) is 12.0. The lowest BCUT2D eigenvalue weighted by Gasteiger charge is -2.00. The number of benzene rings is 2. The summed E-state index contributed by atoms with van der Waals surface area (Å²) in [7, 11) is 0. The van der Waals surface area contributed by atoms with Crippen LogP contribution in [0.15, 0.2) is 48.5 Å². The van der Waals surface area contributed by atoms with Crippen molar-refractivity contribution in [2.24, 2.45) is 0 Å². The van der Waals surface area contributed by atoms with Crippen LogP contribution in [0.1, 0.15) is 21.5 Å². The van der Waals surface area contributed by atoms with Gasteiger partial charge in [0, 0.05) is 5.56 Å². The Balaban J connectivity index is 1.78. The molecular formula is C16H14N4O2. The van der Waals surface area contributed by atoms with Gasteiger partial charge in [-0.1, -0.05) is 42.0 Å². The van der Waals surface area contributed by atoms with Crippen molar-refractivity contribution in [3.05, 3.63) is 65.2 Å². The van der Waals surface area contributed by atoms with Gasteiger partial charge in [-0.2, -0.15) is 4.80 Å². The molecule has 1 aromatic heterocycles. The highest BCUT2D eigenvalue weighted by atomic mass is 16.4. The van der Waals surface area contributed by atoms with E-state index in [1.807, 2.05) is 31.2 Å². The van der Waals surface area contributed by atoms with E-state index >= 15 is 0 Å². The number of carbonyl (C=O) groups is 1. The molecule has 6 nitrogen and oxygen atoms in total. The first-order valence-corrected chi connectivity index (χ1v) is 6.79. The van der Waals surface area contributed by atoms with E-state index in [2.05, 4.69) is 15.4 Å². The van der Waals surface area contributed by atoms with Gasteiger partial charge in [0.15, 0.2) is 0 Å². The maximum absolute atomic E-state index is 10.8. The Labute approximate surface area is 127 Å². The molecule has 0 aliphatic carbocycles. The molecule has 2 aromatic carbocycles. The molecule has 0 unspecified atom stereocenters. The van der Waals surface area contributed by atoms with Gasteiger partial charge in [0.2, 0.25) is 5.82 Å². The van der Waals surface area contributed by atoms with Crippen LogP contribution in [0.3, 0.4) is 0 Å². The maximum atomic E-state index is 10.8. The van der Waals surface area contributed by atoms with E-state index in [1.165, 1.54) is 22.5 Å². The van der Waals surface area contributed by atoms with Gasteiger partial charge in [-0.25, -0.2) is 4.79 Å². The lowest BCUT2D eigenvalue weighted by Crippen LogP contribution is -2.04. The summed E-state index contributed by atoms with van der Waals surface area (Å²) in [5, 5.41) is 21.2. The van der Waals surface area contributed by atoms with E-state index in [9.17, 15) is 4.79 Å². The first-order chi connectivity index (χ1) is 10.6. The molecule has 3 rings (SSSR count). The second kappa shape index (κ2) is 5.77. The van der Waals surface area contributed by atoms with Gasteiger partial charge in [0.05, 0.1) is 12.1 Å². The highest BCUT2D eigenvalue weighted by Gasteiger charge is 2.08. The summed E-state index contributed by atoms with van der Waals surface area (Å²) in [5.74, 6) is -0.480. The van der Waals surface area contributed by atoms with E-state index in [4.69, 9.17) is 5.11 Å². The lowest BCUT2D eigenvalue weighted by atomic mass is 10.1. The summed E-state index contributed by atoms with van der Waals surface area (Å²) in [6.07, 6.45) is 0. The zero-order valence-corrected chi connectivity index (χ0v) is 12.0. The molecule has 0 bridgehead atoms. The number of hydrogen-bond acceptors (Lipinski definition) is 4. The molecule has 0 aliphatic rings. The van der Waals surface area contributed by atoms with Crippen molar-refractivity contribution in [1.29, 1.82) is 0 Å². The molecule has 0 spiro atoms. The Kier molecular flexibility index (Phi) is 3.65. The van der Waals surface area contributed by atoms with Crippen LogP contribution in [-0.4, -0.2) is 31.3 Å². The minimum atomic E-state index is -0.956. The van der Waals surface area contributed by atoms with E-state index in [-0.39, 0.29) is 5.56 Å². The summed E-state index contributed by atoms with van der Waals surface area (Å²) in [4.78, 5) is 12.4. The fourth-order valence-electron chi connectivity index (χ4n) is 2.04. The molecule has 1 N–H and O–H groups in total. The Morgan fingerprint density at radius 3 is 2.41 bits per heavy atom. The van der Waals surface area contributed by atoms with E-state index in [0.717, 1.165) is 11.1 Å². The Hall–Kier alpha value is -3.02. The van der Waals surface area contributed by atoms with Gasteiger partial charge in [-0.3, -0.25) is 0 Å². The minimum absolute atomic E-state index is 0.232. The molecule has 110 valence electrons. The van der Waals surface area contributed by atoms with Crippen molar-refractivity contribution in [3.8, 4) is 11.4 Å². The highest BCUT2D eigenvalue weighted by molar-refractivity contribution is 5.88. The number of hydrogen-bond donors (Lipinski definition) is 1. The van der Waals surface area contributed by atoms with Crippen LogP contribution in [0, 0.1) is 6.92 Å². The van der Waals surface area contributed by atoms with Crippen LogP contribution in [0.2, 0.25) is 0 Å². The van der Waals surface area contributed by atoms with E-state index in [0.29, 0.717) is 12.4 Å². The summed E-state index contributed by atoms with van der Waals surface area (Å²) in [5.41, 5.74) is 3.27. The van der Waals surface area contributed by atoms with Crippen LogP contribution in [0.25, 0.3) is 11.4 Å². The maximum Gasteiger partial charge on any atom is 0.335 e.